The van der Waals surface area contributed by atoms with E-state index in [-0.39, 0.29) is 118 Å². The number of rotatable bonds is 0. The van der Waals surface area contributed by atoms with Crippen LogP contribution >= 0.6 is 0 Å². The Hall–Kier alpha value is 3.40. The Morgan fingerprint density at radius 2 is 1.00 bits per heavy atom. The monoisotopic (exact) mass is 143 g/mol. The van der Waals surface area contributed by atoms with Gasteiger partial charge in [-0.2, -0.15) is 0 Å². The Bertz CT molecular complexity index is 17.2. The molecule has 0 saturated heterocycles. The molecule has 3 nitrogen and oxygen atoms in total. The van der Waals surface area contributed by atoms with E-state index in [1.54, 1.807) is 0 Å². The van der Waals surface area contributed by atoms with Crippen LogP contribution in [-0.2, 0) is 0 Å². The SMILES string of the molecule is O=NO.[NaH].[NaH].[NaH].[NaH]. The summed E-state index contributed by atoms with van der Waals surface area (Å²) < 4.78 is 0. The molecule has 0 aliphatic carbocycles. The van der Waals surface area contributed by atoms with Gasteiger partial charge >= 0.3 is 118 Å². The molecule has 26 valence electrons. The van der Waals surface area contributed by atoms with E-state index in [0.29, 0.717) is 0 Å². The van der Waals surface area contributed by atoms with E-state index in [1.165, 1.54) is 5.34 Å². The van der Waals surface area contributed by atoms with E-state index in [1.807, 2.05) is 0 Å². The van der Waals surface area contributed by atoms with Gasteiger partial charge in [0.1, 0.15) is 0 Å². The molecule has 0 spiro atoms. The Labute approximate surface area is 130 Å². The molecule has 0 amide bonds. The molecule has 0 aliphatic heterocycles. The molecule has 0 bridgehead atoms. The first-order chi connectivity index (χ1) is 1.41. The van der Waals surface area contributed by atoms with Crippen molar-refractivity contribution in [3.8, 4) is 0 Å². The van der Waals surface area contributed by atoms with Gasteiger partial charge in [-0.15, -0.1) is 4.91 Å². The molecule has 0 rings (SSSR count). The standard InChI is InChI=1S/HNO2.4Na.4H/c2-1-3;;;;;;;;/h(H,2,3);;;;;;;;. The first-order valence-electron chi connectivity index (χ1n) is 0.383. The summed E-state index contributed by atoms with van der Waals surface area (Å²) in [5.41, 5.74) is 0. The number of nitrogens with zero attached hydrogens (tertiary/aromatic N) is 1. The fourth-order valence-electron chi connectivity index (χ4n) is 0. The van der Waals surface area contributed by atoms with Gasteiger partial charge in [-0.1, -0.05) is 0 Å². The van der Waals surface area contributed by atoms with Crippen LogP contribution < -0.4 is 0 Å². The van der Waals surface area contributed by atoms with Crippen molar-refractivity contribution >= 4 is 118 Å². The second kappa shape index (κ2) is 34.3. The molecule has 0 aliphatic rings. The van der Waals surface area contributed by atoms with E-state index in [2.05, 4.69) is 0 Å². The van der Waals surface area contributed by atoms with Gasteiger partial charge in [-0.3, -0.25) is 0 Å². The van der Waals surface area contributed by atoms with Crippen LogP contribution in [0.15, 0.2) is 5.34 Å². The van der Waals surface area contributed by atoms with Crippen molar-refractivity contribution in [3.05, 3.63) is 4.91 Å². The van der Waals surface area contributed by atoms with Gasteiger partial charge in [-0.05, 0) is 0 Å². The quantitative estimate of drug-likeness (QED) is 0.232. The molecule has 0 radical (unpaired) electrons. The van der Waals surface area contributed by atoms with Gasteiger partial charge in [0, 0.05) is 0 Å². The molecular formula is H5NNa4O2. The normalized spacial score (nSPS) is 1.71. The van der Waals surface area contributed by atoms with Crippen LogP contribution in [0.5, 0.6) is 0 Å². The Morgan fingerprint density at radius 1 is 1.00 bits per heavy atom. The zero-order valence-electron chi connectivity index (χ0n) is 1.30. The molecule has 0 aromatic carbocycles. The van der Waals surface area contributed by atoms with Crippen molar-refractivity contribution in [2.45, 2.75) is 0 Å². The summed E-state index contributed by atoms with van der Waals surface area (Å²) in [6.45, 7) is 0. The van der Waals surface area contributed by atoms with Crippen LogP contribution in [-0.4, -0.2) is 123 Å². The third-order valence-corrected chi connectivity index (χ3v) is 0. The first-order valence-corrected chi connectivity index (χ1v) is 0.383. The van der Waals surface area contributed by atoms with Crippen molar-refractivity contribution < 1.29 is 5.21 Å². The minimum atomic E-state index is 0. The number of hydrogen-bond acceptors (Lipinski definition) is 2. The van der Waals surface area contributed by atoms with Crippen LogP contribution in [0.1, 0.15) is 0 Å². The van der Waals surface area contributed by atoms with Gasteiger partial charge in [0.2, 0.25) is 0 Å². The summed E-state index contributed by atoms with van der Waals surface area (Å²) in [6, 6.07) is 0. The summed E-state index contributed by atoms with van der Waals surface area (Å²) in [6.07, 6.45) is 0. The molecule has 7 heavy (non-hydrogen) atoms. The molecule has 1 N–H and O–H groups in total. The molecule has 0 heterocycles. The van der Waals surface area contributed by atoms with Crippen molar-refractivity contribution in [2.24, 2.45) is 5.34 Å². The molecule has 0 unspecified atom stereocenters. The molecule has 0 fully saturated rings. The fourth-order valence-corrected chi connectivity index (χ4v) is 0. The van der Waals surface area contributed by atoms with E-state index in [4.69, 9.17) is 10.1 Å². The zero-order valence-corrected chi connectivity index (χ0v) is 1.30. The fraction of sp³-hybridized carbons (Fsp3) is 0. The van der Waals surface area contributed by atoms with Gasteiger partial charge in [-0.25, -0.2) is 0 Å². The van der Waals surface area contributed by atoms with Crippen molar-refractivity contribution in [2.75, 3.05) is 0 Å². The van der Waals surface area contributed by atoms with Gasteiger partial charge in [0.15, 0.2) is 5.34 Å². The third kappa shape index (κ3) is 44.5. The van der Waals surface area contributed by atoms with Crippen molar-refractivity contribution in [1.82, 2.24) is 0 Å². The summed E-state index contributed by atoms with van der Waals surface area (Å²) in [4.78, 5) is 8.11. The molecule has 0 atom stereocenters. The minimum absolute atomic E-state index is 0. The zero-order chi connectivity index (χ0) is 2.71. The second-order valence-electron chi connectivity index (χ2n) is 0.0816. The Morgan fingerprint density at radius 3 is 1.00 bits per heavy atom. The third-order valence-electron chi connectivity index (χ3n) is 0. The van der Waals surface area contributed by atoms with Crippen LogP contribution in [0.3, 0.4) is 0 Å². The van der Waals surface area contributed by atoms with E-state index < -0.39 is 0 Å². The van der Waals surface area contributed by atoms with Gasteiger partial charge in [0.25, 0.3) is 0 Å². The Kier molecular flexibility index (Phi) is 154. The van der Waals surface area contributed by atoms with E-state index in [9.17, 15) is 0 Å². The maximum absolute atomic E-state index is 8.11. The van der Waals surface area contributed by atoms with Crippen LogP contribution in [0, 0.1) is 4.91 Å². The summed E-state index contributed by atoms with van der Waals surface area (Å²) in [7, 11) is 0. The average Bonchev–Trinajstić information content (AvgIpc) is 0.918. The molecule has 7 heteroatoms. The van der Waals surface area contributed by atoms with Crippen molar-refractivity contribution in [1.29, 1.82) is 0 Å². The molecule has 0 aromatic rings. The molecule has 0 saturated carbocycles. The summed E-state index contributed by atoms with van der Waals surface area (Å²) in [5, 5.41) is 7.89. The van der Waals surface area contributed by atoms with Crippen LogP contribution in [0.4, 0.5) is 0 Å². The number of hydrogen-bond donors (Lipinski definition) is 1. The van der Waals surface area contributed by atoms with Gasteiger partial charge in [0.05, 0.1) is 0 Å². The predicted octanol–water partition coefficient (Wildman–Crippen LogP) is -2.45. The first kappa shape index (κ1) is 31.5. The van der Waals surface area contributed by atoms with Crippen LogP contribution in [0.25, 0.3) is 0 Å². The van der Waals surface area contributed by atoms with E-state index >= 15 is 0 Å². The average molecular weight is 143 g/mol. The van der Waals surface area contributed by atoms with E-state index in [0.717, 1.165) is 0 Å². The van der Waals surface area contributed by atoms with Gasteiger partial charge < -0.3 is 5.21 Å². The summed E-state index contributed by atoms with van der Waals surface area (Å²) >= 11 is 0. The predicted molar refractivity (Wildman–Crippen MR) is 36.2 cm³/mol. The second-order valence-corrected chi connectivity index (χ2v) is 0.0816. The molecule has 0 aromatic heterocycles. The van der Waals surface area contributed by atoms with Crippen molar-refractivity contribution in [3.63, 3.8) is 0 Å². The summed E-state index contributed by atoms with van der Waals surface area (Å²) in [5.74, 6) is 0. The molecular weight excluding hydrogens is 138 g/mol. The Balaban J connectivity index is -0.00000000333. The van der Waals surface area contributed by atoms with Crippen LogP contribution in [0.2, 0.25) is 0 Å². The maximum atomic E-state index is 8.11. The topological polar surface area (TPSA) is 49.7 Å².